The Morgan fingerprint density at radius 3 is 2.73 bits per heavy atom. The van der Waals surface area contributed by atoms with Gasteiger partial charge in [-0.05, 0) is 30.2 Å². The SMILES string of the molecule is O=C1CC(NCCc2c[nH]c3ccccc23)C(=O)N1c1cccc(OC(F)(F)F)c1. The summed E-state index contributed by atoms with van der Waals surface area (Å²) in [5.41, 5.74) is 2.16. The van der Waals surface area contributed by atoms with Gasteiger partial charge in [-0.2, -0.15) is 0 Å². The number of fused-ring (bicyclic) bond motifs is 1. The number of carbonyl (C=O) groups excluding carboxylic acids is 2. The van der Waals surface area contributed by atoms with Gasteiger partial charge >= 0.3 is 6.36 Å². The first kappa shape index (κ1) is 20.0. The lowest BCUT2D eigenvalue weighted by Gasteiger charge is -2.17. The maximum absolute atomic E-state index is 12.7. The molecule has 1 saturated heterocycles. The number of nitrogens with zero attached hydrogens (tertiary/aromatic N) is 1. The molecule has 1 atom stereocenters. The summed E-state index contributed by atoms with van der Waals surface area (Å²) in [5, 5.41) is 4.17. The van der Waals surface area contributed by atoms with E-state index in [4.69, 9.17) is 0 Å². The Bertz CT molecular complexity index is 1090. The van der Waals surface area contributed by atoms with Crippen molar-refractivity contribution < 1.29 is 27.5 Å². The first-order chi connectivity index (χ1) is 14.3. The molecule has 1 aliphatic heterocycles. The van der Waals surface area contributed by atoms with E-state index in [1.807, 2.05) is 30.5 Å². The van der Waals surface area contributed by atoms with Gasteiger partial charge in [-0.25, -0.2) is 4.90 Å². The fourth-order valence-electron chi connectivity index (χ4n) is 3.60. The van der Waals surface area contributed by atoms with Gasteiger partial charge in [0.1, 0.15) is 5.75 Å². The molecule has 4 rings (SSSR count). The zero-order valence-electron chi connectivity index (χ0n) is 15.7. The van der Waals surface area contributed by atoms with E-state index in [-0.39, 0.29) is 12.1 Å². The number of carbonyl (C=O) groups is 2. The molecule has 156 valence electrons. The van der Waals surface area contributed by atoms with E-state index in [1.165, 1.54) is 12.1 Å². The molecule has 0 radical (unpaired) electrons. The zero-order valence-corrected chi connectivity index (χ0v) is 15.7. The lowest BCUT2D eigenvalue weighted by molar-refractivity contribution is -0.274. The van der Waals surface area contributed by atoms with Crippen LogP contribution in [0.2, 0.25) is 0 Å². The van der Waals surface area contributed by atoms with E-state index in [2.05, 4.69) is 15.0 Å². The predicted molar refractivity (Wildman–Crippen MR) is 104 cm³/mol. The summed E-state index contributed by atoms with van der Waals surface area (Å²) in [7, 11) is 0. The van der Waals surface area contributed by atoms with Crippen molar-refractivity contribution in [2.75, 3.05) is 11.4 Å². The van der Waals surface area contributed by atoms with Crippen molar-refractivity contribution in [1.82, 2.24) is 10.3 Å². The summed E-state index contributed by atoms with van der Waals surface area (Å²) in [6.45, 7) is 0.469. The molecule has 0 spiro atoms. The van der Waals surface area contributed by atoms with Crippen LogP contribution in [-0.4, -0.2) is 35.7 Å². The van der Waals surface area contributed by atoms with Gasteiger partial charge in [0.15, 0.2) is 0 Å². The van der Waals surface area contributed by atoms with Crippen LogP contribution in [0.1, 0.15) is 12.0 Å². The van der Waals surface area contributed by atoms with E-state index in [1.54, 1.807) is 0 Å². The van der Waals surface area contributed by atoms with Crippen LogP contribution in [0, 0.1) is 0 Å². The summed E-state index contributed by atoms with van der Waals surface area (Å²) in [4.78, 5) is 29.1. The van der Waals surface area contributed by atoms with Crippen LogP contribution >= 0.6 is 0 Å². The lowest BCUT2D eigenvalue weighted by atomic mass is 10.1. The summed E-state index contributed by atoms with van der Waals surface area (Å²) in [6, 6.07) is 12.0. The maximum atomic E-state index is 12.7. The Balaban J connectivity index is 1.41. The third kappa shape index (κ3) is 4.16. The normalized spacial score (nSPS) is 17.2. The molecule has 2 aromatic carbocycles. The number of alkyl halides is 3. The molecule has 2 amide bonds. The molecule has 1 aromatic heterocycles. The maximum Gasteiger partial charge on any atom is 0.573 e. The van der Waals surface area contributed by atoms with Crippen LogP contribution in [-0.2, 0) is 16.0 Å². The number of hydrogen-bond acceptors (Lipinski definition) is 4. The van der Waals surface area contributed by atoms with Gasteiger partial charge in [-0.1, -0.05) is 24.3 Å². The van der Waals surface area contributed by atoms with Crippen LogP contribution in [0.25, 0.3) is 10.9 Å². The number of aromatic nitrogens is 1. The van der Waals surface area contributed by atoms with E-state index in [0.29, 0.717) is 13.0 Å². The van der Waals surface area contributed by atoms with Gasteiger partial charge in [0.2, 0.25) is 5.91 Å². The Morgan fingerprint density at radius 1 is 1.13 bits per heavy atom. The second-order valence-corrected chi connectivity index (χ2v) is 6.93. The number of rotatable bonds is 6. The highest BCUT2D eigenvalue weighted by Crippen LogP contribution is 2.29. The summed E-state index contributed by atoms with van der Waals surface area (Å²) >= 11 is 0. The van der Waals surface area contributed by atoms with Gasteiger partial charge < -0.3 is 15.0 Å². The monoisotopic (exact) mass is 417 g/mol. The molecule has 0 bridgehead atoms. The van der Waals surface area contributed by atoms with E-state index in [9.17, 15) is 22.8 Å². The third-order valence-electron chi connectivity index (χ3n) is 4.92. The number of hydrogen-bond donors (Lipinski definition) is 2. The predicted octanol–water partition coefficient (Wildman–Crippen LogP) is 3.53. The fourth-order valence-corrected chi connectivity index (χ4v) is 3.60. The van der Waals surface area contributed by atoms with Crippen molar-refractivity contribution in [2.24, 2.45) is 0 Å². The number of H-pyrrole nitrogens is 1. The van der Waals surface area contributed by atoms with Gasteiger partial charge in [0, 0.05) is 29.7 Å². The van der Waals surface area contributed by atoms with Gasteiger partial charge in [0.25, 0.3) is 5.91 Å². The number of anilines is 1. The van der Waals surface area contributed by atoms with Crippen molar-refractivity contribution in [3.63, 3.8) is 0 Å². The number of benzene rings is 2. The number of imide groups is 1. The standard InChI is InChI=1S/C21H18F3N3O3/c22-21(23,24)30-15-5-3-4-14(10-15)27-19(28)11-18(20(27)29)25-9-8-13-12-26-17-7-2-1-6-16(13)17/h1-7,10,12,18,25-26H,8-9,11H2. The summed E-state index contributed by atoms with van der Waals surface area (Å²) in [5.74, 6) is -1.46. The molecule has 1 unspecified atom stereocenters. The Hall–Kier alpha value is -3.33. The molecule has 1 fully saturated rings. The van der Waals surface area contributed by atoms with Crippen LogP contribution in [0.4, 0.5) is 18.9 Å². The molecule has 2 heterocycles. The van der Waals surface area contributed by atoms with Crippen molar-refractivity contribution in [1.29, 1.82) is 0 Å². The number of halogens is 3. The smallest absolute Gasteiger partial charge is 0.406 e. The Labute approximate surface area is 169 Å². The number of ether oxygens (including phenoxy) is 1. The van der Waals surface area contributed by atoms with Crippen LogP contribution in [0.3, 0.4) is 0 Å². The lowest BCUT2D eigenvalue weighted by Crippen LogP contribution is -2.39. The quantitative estimate of drug-likeness (QED) is 0.602. The number of para-hydroxylation sites is 1. The average Bonchev–Trinajstić information content (AvgIpc) is 3.21. The molecule has 0 saturated carbocycles. The van der Waals surface area contributed by atoms with Crippen molar-refractivity contribution in [3.05, 3.63) is 60.3 Å². The Morgan fingerprint density at radius 2 is 1.93 bits per heavy atom. The van der Waals surface area contributed by atoms with Crippen LogP contribution < -0.4 is 15.0 Å². The second-order valence-electron chi connectivity index (χ2n) is 6.93. The molecule has 0 aliphatic carbocycles. The van der Waals surface area contributed by atoms with Gasteiger partial charge in [-0.3, -0.25) is 9.59 Å². The Kier molecular flexibility index (Phi) is 5.21. The fraction of sp³-hybridized carbons (Fsp3) is 0.238. The van der Waals surface area contributed by atoms with E-state index in [0.717, 1.165) is 33.5 Å². The minimum absolute atomic E-state index is 0.0488. The third-order valence-corrected chi connectivity index (χ3v) is 4.92. The zero-order chi connectivity index (χ0) is 21.3. The van der Waals surface area contributed by atoms with E-state index >= 15 is 0 Å². The molecular formula is C21H18F3N3O3. The summed E-state index contributed by atoms with van der Waals surface area (Å²) in [6.07, 6.45) is -2.36. The largest absolute Gasteiger partial charge is 0.573 e. The highest BCUT2D eigenvalue weighted by Gasteiger charge is 2.39. The van der Waals surface area contributed by atoms with Crippen LogP contribution in [0.15, 0.2) is 54.7 Å². The summed E-state index contributed by atoms with van der Waals surface area (Å²) < 4.78 is 41.2. The van der Waals surface area contributed by atoms with Gasteiger partial charge in [-0.15, -0.1) is 13.2 Å². The first-order valence-corrected chi connectivity index (χ1v) is 9.33. The molecule has 1 aliphatic rings. The molecule has 2 N–H and O–H groups in total. The average molecular weight is 417 g/mol. The second kappa shape index (κ2) is 7.83. The minimum atomic E-state index is -4.86. The highest BCUT2D eigenvalue weighted by atomic mass is 19.4. The minimum Gasteiger partial charge on any atom is -0.406 e. The molecule has 3 aromatic rings. The molecule has 30 heavy (non-hydrogen) atoms. The topological polar surface area (TPSA) is 74.4 Å². The van der Waals surface area contributed by atoms with Crippen molar-refractivity contribution >= 4 is 28.4 Å². The molecule has 6 nitrogen and oxygen atoms in total. The number of aromatic amines is 1. The highest BCUT2D eigenvalue weighted by molar-refractivity contribution is 6.22. The van der Waals surface area contributed by atoms with E-state index < -0.39 is 30.0 Å². The van der Waals surface area contributed by atoms with Crippen LogP contribution in [0.5, 0.6) is 5.75 Å². The first-order valence-electron chi connectivity index (χ1n) is 9.33. The molecule has 9 heteroatoms. The number of nitrogens with one attached hydrogen (secondary N) is 2. The van der Waals surface area contributed by atoms with Gasteiger partial charge in [0.05, 0.1) is 18.2 Å². The van der Waals surface area contributed by atoms with Crippen molar-refractivity contribution in [3.8, 4) is 5.75 Å². The molecular weight excluding hydrogens is 399 g/mol. The van der Waals surface area contributed by atoms with Crippen molar-refractivity contribution in [2.45, 2.75) is 25.2 Å². The number of amides is 2.